The molecule has 0 saturated heterocycles. The van der Waals surface area contributed by atoms with Crippen LogP contribution in [0.5, 0.6) is 11.5 Å². The minimum absolute atomic E-state index is 0.144. The lowest BCUT2D eigenvalue weighted by Gasteiger charge is -2.42. The molecule has 2 bridgehead atoms. The van der Waals surface area contributed by atoms with Crippen molar-refractivity contribution in [3.05, 3.63) is 221 Å². The van der Waals surface area contributed by atoms with Crippen molar-refractivity contribution in [3.8, 4) is 79.0 Å². The van der Waals surface area contributed by atoms with Gasteiger partial charge in [-0.15, -0.1) is 0 Å². The molecule has 1 aliphatic heterocycles. The maximum absolute atomic E-state index is 7.04. The van der Waals surface area contributed by atoms with E-state index < -0.39 is 5.41 Å². The highest BCUT2D eigenvalue weighted by Crippen LogP contribution is 2.63. The highest BCUT2D eigenvalue weighted by atomic mass is 16.5. The second-order valence-electron chi connectivity index (χ2n) is 21.9. The Morgan fingerprint density at radius 2 is 0.957 bits per heavy atom. The molecule has 0 amide bonds. The van der Waals surface area contributed by atoms with Gasteiger partial charge in [0.1, 0.15) is 11.5 Å². The summed E-state index contributed by atoms with van der Waals surface area (Å²) >= 11 is 0. The Bertz CT molecular complexity index is 3580. The minimum atomic E-state index is -0.521. The van der Waals surface area contributed by atoms with Gasteiger partial charge in [-0.3, -0.25) is 0 Å². The summed E-state index contributed by atoms with van der Waals surface area (Å²) in [5.74, 6) is 6.58. The van der Waals surface area contributed by atoms with Crippen LogP contribution in [-0.2, 0) is 16.2 Å². The van der Waals surface area contributed by atoms with Crippen molar-refractivity contribution in [2.45, 2.75) is 75.0 Å². The predicted molar refractivity (Wildman–Crippen MR) is 281 cm³/mol. The van der Waals surface area contributed by atoms with Crippen molar-refractivity contribution in [1.29, 1.82) is 0 Å². The van der Waals surface area contributed by atoms with Crippen LogP contribution < -0.4 is 4.74 Å². The van der Waals surface area contributed by atoms with Crippen LogP contribution in [0.1, 0.15) is 97.7 Å². The molecule has 3 saturated carbocycles. The highest BCUT2D eigenvalue weighted by Gasteiger charge is 2.52. The minimum Gasteiger partial charge on any atom is -0.456 e. The first-order chi connectivity index (χ1) is 34.4. The van der Waals surface area contributed by atoms with Crippen molar-refractivity contribution in [2.75, 3.05) is 0 Å². The number of aromatic nitrogens is 3. The number of hydrogen-bond donors (Lipinski definition) is 0. The van der Waals surface area contributed by atoms with Gasteiger partial charge >= 0.3 is 0 Å². The zero-order valence-electron chi connectivity index (χ0n) is 39.8. The summed E-state index contributed by atoms with van der Waals surface area (Å²) in [5, 5.41) is 0. The van der Waals surface area contributed by atoms with Gasteiger partial charge in [-0.05, 0) is 136 Å². The number of benzene rings is 8. The van der Waals surface area contributed by atoms with Crippen LogP contribution in [0.2, 0.25) is 0 Å². The molecule has 9 aromatic rings. The molecule has 4 atom stereocenters. The number of rotatable bonds is 5. The standard InChI is InChI=1S/C66H53N3O/c1-64(2)53-16-6-3-12-49(53)52-33-30-45(37-58(52)64)63-68-61(67-62(69-63)43-28-31-47(32-29-43)65-35-34-40(38-65)36-44-26-27-46(44)39-65)42-24-22-41(23-25-42)48-15-11-20-57-60(48)70-59-21-10-9-19-56(59)66(57)54-17-7-4-13-50(54)51-14-5-8-18-55(51)66/h3-25,28-33,37,40,44,46H,26-27,34-36,38-39H2,1-2H3/t40-,44?,46?,65?/m0/s1. The molecule has 8 aromatic carbocycles. The largest absolute Gasteiger partial charge is 0.456 e. The lowest BCUT2D eigenvalue weighted by atomic mass is 9.63. The van der Waals surface area contributed by atoms with E-state index in [1.165, 1.54) is 101 Å². The summed E-state index contributed by atoms with van der Waals surface area (Å²) in [4.78, 5) is 15.9. The van der Waals surface area contributed by atoms with Gasteiger partial charge in [-0.25, -0.2) is 15.0 Å². The van der Waals surface area contributed by atoms with Crippen LogP contribution >= 0.6 is 0 Å². The molecule has 4 heteroatoms. The molecular formula is C66H53N3O. The van der Waals surface area contributed by atoms with Crippen molar-refractivity contribution >= 4 is 0 Å². The fourth-order valence-electron chi connectivity index (χ4n) is 14.6. The molecule has 4 nitrogen and oxygen atoms in total. The SMILES string of the molecule is CC1(C)c2ccccc2-c2ccc(-c3nc(-c4ccc(-c5cccc6c5Oc5ccccc5C65c6ccccc6-c6ccccc65)cc4)nc(-c4ccc(C56CC[C@@H](CC7CCC7C5)C6)cc4)n3)cc21. The van der Waals surface area contributed by atoms with Gasteiger partial charge in [0.2, 0.25) is 0 Å². The first-order valence-electron chi connectivity index (χ1n) is 25.7. The van der Waals surface area contributed by atoms with Crippen molar-refractivity contribution in [3.63, 3.8) is 0 Å². The summed E-state index contributed by atoms with van der Waals surface area (Å²) in [6.07, 6.45) is 9.72. The molecule has 0 radical (unpaired) electrons. The zero-order valence-corrected chi connectivity index (χ0v) is 39.8. The number of para-hydroxylation sites is 2. The third-order valence-corrected chi connectivity index (χ3v) is 18.1. The second kappa shape index (κ2) is 14.8. The first kappa shape index (κ1) is 40.5. The van der Waals surface area contributed by atoms with E-state index in [2.05, 4.69) is 196 Å². The molecule has 70 heavy (non-hydrogen) atoms. The molecule has 1 spiro atoms. The van der Waals surface area contributed by atoms with Crippen LogP contribution in [0.25, 0.3) is 67.5 Å². The molecular weight excluding hydrogens is 851 g/mol. The van der Waals surface area contributed by atoms with Crippen molar-refractivity contribution < 1.29 is 4.74 Å². The van der Waals surface area contributed by atoms with Crippen molar-refractivity contribution in [2.24, 2.45) is 17.8 Å². The second-order valence-corrected chi connectivity index (χ2v) is 21.9. The topological polar surface area (TPSA) is 47.9 Å². The fourth-order valence-corrected chi connectivity index (χ4v) is 14.6. The van der Waals surface area contributed by atoms with Gasteiger partial charge in [0.15, 0.2) is 17.5 Å². The molecule has 3 fully saturated rings. The molecule has 3 unspecified atom stereocenters. The summed E-state index contributed by atoms with van der Waals surface area (Å²) in [6, 6.07) is 66.9. The normalized spacial score (nSPS) is 22.0. The van der Waals surface area contributed by atoms with Gasteiger partial charge < -0.3 is 4.74 Å². The van der Waals surface area contributed by atoms with E-state index >= 15 is 0 Å². The summed E-state index contributed by atoms with van der Waals surface area (Å²) in [5.41, 5.74) is 18.9. The summed E-state index contributed by atoms with van der Waals surface area (Å²) in [6.45, 7) is 4.67. The lowest BCUT2D eigenvalue weighted by molar-refractivity contribution is 0.123. The summed E-state index contributed by atoms with van der Waals surface area (Å²) < 4.78 is 7.04. The van der Waals surface area contributed by atoms with Gasteiger partial charge in [0.25, 0.3) is 0 Å². The fraction of sp³-hybridized carbons (Fsp3) is 0.227. The van der Waals surface area contributed by atoms with Crippen LogP contribution in [0, 0.1) is 17.8 Å². The smallest absolute Gasteiger partial charge is 0.164 e. The number of hydrogen-bond acceptors (Lipinski definition) is 4. The average molecular weight is 904 g/mol. The lowest BCUT2D eigenvalue weighted by Crippen LogP contribution is -2.32. The van der Waals surface area contributed by atoms with E-state index in [4.69, 9.17) is 19.7 Å². The Labute approximate surface area is 410 Å². The molecule has 0 N–H and O–H groups in total. The molecule has 6 aliphatic rings. The molecule has 1 aromatic heterocycles. The Morgan fingerprint density at radius 1 is 0.429 bits per heavy atom. The van der Waals surface area contributed by atoms with E-state index in [1.54, 1.807) is 0 Å². The molecule has 338 valence electrons. The van der Waals surface area contributed by atoms with E-state index in [0.29, 0.717) is 22.9 Å². The van der Waals surface area contributed by atoms with Crippen LogP contribution in [-0.4, -0.2) is 15.0 Å². The zero-order chi connectivity index (χ0) is 46.3. The van der Waals surface area contributed by atoms with Crippen LogP contribution in [0.15, 0.2) is 182 Å². The van der Waals surface area contributed by atoms with Gasteiger partial charge in [0, 0.05) is 38.8 Å². The number of fused-ring (bicyclic) bond motifs is 15. The van der Waals surface area contributed by atoms with Gasteiger partial charge in [-0.1, -0.05) is 184 Å². The third kappa shape index (κ3) is 5.68. The maximum Gasteiger partial charge on any atom is 0.164 e. The highest BCUT2D eigenvalue weighted by molar-refractivity contribution is 5.90. The summed E-state index contributed by atoms with van der Waals surface area (Å²) in [7, 11) is 0. The Balaban J connectivity index is 0.841. The van der Waals surface area contributed by atoms with Crippen LogP contribution in [0.3, 0.4) is 0 Å². The molecule has 15 rings (SSSR count). The quantitative estimate of drug-likeness (QED) is 0.173. The Kier molecular flexibility index (Phi) is 8.55. The first-order valence-corrected chi connectivity index (χ1v) is 25.7. The Hall–Kier alpha value is -7.43. The maximum atomic E-state index is 7.04. The molecule has 5 aliphatic carbocycles. The monoisotopic (exact) mass is 903 g/mol. The number of nitrogens with zero attached hydrogens (tertiary/aromatic N) is 3. The van der Waals surface area contributed by atoms with Crippen LogP contribution in [0.4, 0.5) is 0 Å². The van der Waals surface area contributed by atoms with E-state index in [9.17, 15) is 0 Å². The van der Waals surface area contributed by atoms with Crippen molar-refractivity contribution in [1.82, 2.24) is 15.0 Å². The molecule has 2 heterocycles. The Morgan fingerprint density at radius 3 is 1.64 bits per heavy atom. The predicted octanol–water partition coefficient (Wildman–Crippen LogP) is 16.2. The number of ether oxygens (including phenoxy) is 1. The third-order valence-electron chi connectivity index (χ3n) is 18.1. The van der Waals surface area contributed by atoms with Gasteiger partial charge in [0.05, 0.1) is 5.41 Å². The van der Waals surface area contributed by atoms with E-state index in [1.807, 2.05) is 0 Å². The van der Waals surface area contributed by atoms with E-state index in [0.717, 1.165) is 62.6 Å². The average Bonchev–Trinajstić information content (AvgIpc) is 4.01. The van der Waals surface area contributed by atoms with E-state index in [-0.39, 0.29) is 5.41 Å². The van der Waals surface area contributed by atoms with Gasteiger partial charge in [-0.2, -0.15) is 0 Å².